The van der Waals surface area contributed by atoms with Gasteiger partial charge < -0.3 is 10.2 Å². The van der Waals surface area contributed by atoms with Crippen molar-refractivity contribution < 1.29 is 4.79 Å². The molecule has 0 aliphatic heterocycles. The van der Waals surface area contributed by atoms with Crippen molar-refractivity contribution in [2.45, 2.75) is 32.7 Å². The third-order valence-electron chi connectivity index (χ3n) is 2.77. The van der Waals surface area contributed by atoms with E-state index < -0.39 is 0 Å². The van der Waals surface area contributed by atoms with Gasteiger partial charge in [-0.05, 0) is 32.4 Å². The van der Waals surface area contributed by atoms with Crippen LogP contribution in [0.25, 0.3) is 0 Å². The number of hydrogen-bond acceptors (Lipinski definition) is 3. The fourth-order valence-corrected chi connectivity index (χ4v) is 1.29. The lowest BCUT2D eigenvalue weighted by Gasteiger charge is -2.25. The Morgan fingerprint density at radius 2 is 2.06 bits per heavy atom. The molecular formula is C13H21N3O. The average Bonchev–Trinajstić information content (AvgIpc) is 2.28. The van der Waals surface area contributed by atoms with E-state index in [0.29, 0.717) is 5.56 Å². The average molecular weight is 235 g/mol. The molecule has 0 aliphatic rings. The first-order chi connectivity index (χ1) is 7.85. The normalized spacial score (nSPS) is 11.1. The maximum absolute atomic E-state index is 11.7. The number of aromatic nitrogens is 1. The minimum atomic E-state index is -0.0289. The Labute approximate surface area is 103 Å². The highest BCUT2D eigenvalue weighted by Gasteiger charge is 2.15. The second-order valence-electron chi connectivity index (χ2n) is 4.99. The van der Waals surface area contributed by atoms with Crippen LogP contribution in [0.2, 0.25) is 0 Å². The number of amides is 1. The van der Waals surface area contributed by atoms with Gasteiger partial charge in [-0.3, -0.25) is 4.79 Å². The lowest BCUT2D eigenvalue weighted by molar-refractivity contribution is 0.0827. The summed E-state index contributed by atoms with van der Waals surface area (Å²) < 4.78 is 0. The number of anilines is 1. The van der Waals surface area contributed by atoms with Gasteiger partial charge >= 0.3 is 0 Å². The van der Waals surface area contributed by atoms with Crippen molar-refractivity contribution in [2.75, 3.05) is 19.4 Å². The topological polar surface area (TPSA) is 45.2 Å². The molecule has 0 radical (unpaired) electrons. The van der Waals surface area contributed by atoms with Crippen molar-refractivity contribution in [3.63, 3.8) is 0 Å². The third-order valence-corrected chi connectivity index (χ3v) is 2.77. The van der Waals surface area contributed by atoms with Crippen molar-refractivity contribution in [1.29, 1.82) is 0 Å². The summed E-state index contributed by atoms with van der Waals surface area (Å²) >= 11 is 0. The zero-order valence-corrected chi connectivity index (χ0v) is 11.2. The molecule has 4 heteroatoms. The Balaban J connectivity index is 2.78. The first-order valence-corrected chi connectivity index (χ1v) is 5.81. The van der Waals surface area contributed by atoms with Crippen LogP contribution in [0.4, 0.5) is 5.82 Å². The van der Waals surface area contributed by atoms with Gasteiger partial charge in [0.05, 0.1) is 5.56 Å². The Hall–Kier alpha value is -1.58. The molecule has 0 unspecified atom stereocenters. The maximum atomic E-state index is 11.7. The van der Waals surface area contributed by atoms with Crippen LogP contribution >= 0.6 is 0 Å². The van der Waals surface area contributed by atoms with Crippen LogP contribution in [0.5, 0.6) is 0 Å². The van der Waals surface area contributed by atoms with Gasteiger partial charge in [0, 0.05) is 25.8 Å². The maximum Gasteiger partial charge on any atom is 0.254 e. The third kappa shape index (κ3) is 3.73. The fourth-order valence-electron chi connectivity index (χ4n) is 1.29. The summed E-state index contributed by atoms with van der Waals surface area (Å²) in [7, 11) is 3.46. The predicted molar refractivity (Wildman–Crippen MR) is 70.2 cm³/mol. The van der Waals surface area contributed by atoms with E-state index in [4.69, 9.17) is 0 Å². The Bertz CT molecular complexity index is 382. The SMILES string of the molecule is CCC(C)(C)Nc1ccc(C(=O)N(C)C)cn1. The van der Waals surface area contributed by atoms with Gasteiger partial charge in [-0.25, -0.2) is 4.98 Å². The molecule has 0 atom stereocenters. The van der Waals surface area contributed by atoms with E-state index in [1.807, 2.05) is 6.07 Å². The van der Waals surface area contributed by atoms with Crippen LogP contribution in [0, 0.1) is 0 Å². The molecule has 0 bridgehead atoms. The molecule has 1 aromatic heterocycles. The van der Waals surface area contributed by atoms with E-state index in [1.54, 1.807) is 31.3 Å². The monoisotopic (exact) mass is 235 g/mol. The van der Waals surface area contributed by atoms with Crippen LogP contribution in [0.1, 0.15) is 37.6 Å². The predicted octanol–water partition coefficient (Wildman–Crippen LogP) is 2.38. The molecule has 0 saturated heterocycles. The van der Waals surface area contributed by atoms with Gasteiger partial charge in [0.2, 0.25) is 0 Å². The highest BCUT2D eigenvalue weighted by atomic mass is 16.2. The molecule has 0 aliphatic carbocycles. The molecule has 1 rings (SSSR count). The van der Waals surface area contributed by atoms with Crippen molar-refractivity contribution in [2.24, 2.45) is 0 Å². The highest BCUT2D eigenvalue weighted by Crippen LogP contribution is 2.16. The molecule has 17 heavy (non-hydrogen) atoms. The number of pyridine rings is 1. The number of nitrogens with zero attached hydrogens (tertiary/aromatic N) is 2. The van der Waals surface area contributed by atoms with Gasteiger partial charge in [0.15, 0.2) is 0 Å². The summed E-state index contributed by atoms with van der Waals surface area (Å²) in [6.07, 6.45) is 2.61. The highest BCUT2D eigenvalue weighted by molar-refractivity contribution is 5.93. The van der Waals surface area contributed by atoms with Crippen molar-refractivity contribution >= 4 is 11.7 Å². The number of rotatable bonds is 4. The molecule has 4 nitrogen and oxygen atoms in total. The van der Waals surface area contributed by atoms with Crippen LogP contribution < -0.4 is 5.32 Å². The van der Waals surface area contributed by atoms with Crippen LogP contribution in [0.15, 0.2) is 18.3 Å². The lowest BCUT2D eigenvalue weighted by atomic mass is 10.0. The van der Waals surface area contributed by atoms with E-state index in [0.717, 1.165) is 12.2 Å². The van der Waals surface area contributed by atoms with E-state index in [9.17, 15) is 4.79 Å². The summed E-state index contributed by atoms with van der Waals surface area (Å²) in [6, 6.07) is 3.64. The van der Waals surface area contributed by atoms with Gasteiger partial charge in [0.1, 0.15) is 5.82 Å². The molecule has 1 heterocycles. The Morgan fingerprint density at radius 3 is 2.47 bits per heavy atom. The molecule has 94 valence electrons. The van der Waals surface area contributed by atoms with E-state index in [1.165, 1.54) is 0 Å². The quantitative estimate of drug-likeness (QED) is 0.871. The van der Waals surface area contributed by atoms with E-state index >= 15 is 0 Å². The lowest BCUT2D eigenvalue weighted by Crippen LogP contribution is -2.30. The summed E-state index contributed by atoms with van der Waals surface area (Å²) in [4.78, 5) is 17.5. The molecule has 0 aromatic carbocycles. The minimum Gasteiger partial charge on any atom is -0.365 e. The smallest absolute Gasteiger partial charge is 0.254 e. The first kappa shape index (κ1) is 13.5. The van der Waals surface area contributed by atoms with Crippen molar-refractivity contribution in [3.05, 3.63) is 23.9 Å². The second-order valence-corrected chi connectivity index (χ2v) is 4.99. The largest absolute Gasteiger partial charge is 0.365 e. The molecule has 1 aromatic rings. The molecule has 1 N–H and O–H groups in total. The van der Waals surface area contributed by atoms with Crippen LogP contribution in [-0.2, 0) is 0 Å². The summed E-state index contributed by atoms with van der Waals surface area (Å²) in [6.45, 7) is 6.36. The minimum absolute atomic E-state index is 0.0140. The van der Waals surface area contributed by atoms with Gasteiger partial charge in [0.25, 0.3) is 5.91 Å². The van der Waals surface area contributed by atoms with E-state index in [2.05, 4.69) is 31.1 Å². The number of hydrogen-bond donors (Lipinski definition) is 1. The standard InChI is InChI=1S/C13H21N3O/c1-6-13(2,3)15-11-8-7-10(9-14-11)12(17)16(4)5/h7-9H,6H2,1-5H3,(H,14,15). The second kappa shape index (κ2) is 5.17. The summed E-state index contributed by atoms with van der Waals surface area (Å²) in [5, 5.41) is 3.33. The van der Waals surface area contributed by atoms with Crippen molar-refractivity contribution in [3.8, 4) is 0 Å². The first-order valence-electron chi connectivity index (χ1n) is 5.81. The van der Waals surface area contributed by atoms with Gasteiger partial charge in [-0.2, -0.15) is 0 Å². The van der Waals surface area contributed by atoms with Crippen LogP contribution in [0.3, 0.4) is 0 Å². The number of carbonyl (C=O) groups is 1. The van der Waals surface area contributed by atoms with Gasteiger partial charge in [-0.1, -0.05) is 6.92 Å². The zero-order valence-electron chi connectivity index (χ0n) is 11.2. The van der Waals surface area contributed by atoms with Crippen LogP contribution in [-0.4, -0.2) is 35.4 Å². The number of carbonyl (C=O) groups excluding carboxylic acids is 1. The van der Waals surface area contributed by atoms with E-state index in [-0.39, 0.29) is 11.4 Å². The Kier molecular flexibility index (Phi) is 4.10. The molecular weight excluding hydrogens is 214 g/mol. The zero-order chi connectivity index (χ0) is 13.1. The number of nitrogens with one attached hydrogen (secondary N) is 1. The summed E-state index contributed by atoms with van der Waals surface area (Å²) in [5.41, 5.74) is 0.620. The molecule has 1 amide bonds. The molecule has 0 saturated carbocycles. The summed E-state index contributed by atoms with van der Waals surface area (Å²) in [5.74, 6) is 0.769. The molecule has 0 fully saturated rings. The van der Waals surface area contributed by atoms with Crippen molar-refractivity contribution in [1.82, 2.24) is 9.88 Å². The Morgan fingerprint density at radius 1 is 1.41 bits per heavy atom. The fraction of sp³-hybridized carbons (Fsp3) is 0.538. The molecule has 0 spiro atoms. The van der Waals surface area contributed by atoms with Gasteiger partial charge in [-0.15, -0.1) is 0 Å².